The number of ketones is 2. The van der Waals surface area contributed by atoms with Crippen molar-refractivity contribution in [2.24, 2.45) is 0 Å². The second-order valence-electron chi connectivity index (χ2n) is 6.45. The summed E-state index contributed by atoms with van der Waals surface area (Å²) in [4.78, 5) is 38.8. The van der Waals surface area contributed by atoms with Crippen LogP contribution in [0.5, 0.6) is 11.5 Å². The number of methoxy groups -OCH3 is 2. The number of ether oxygens (including phenoxy) is 2. The van der Waals surface area contributed by atoms with Crippen molar-refractivity contribution in [3.8, 4) is 11.5 Å². The van der Waals surface area contributed by atoms with Crippen molar-refractivity contribution in [3.05, 3.63) is 88.5 Å². The van der Waals surface area contributed by atoms with E-state index in [1.54, 1.807) is 60.7 Å². The second kappa shape index (κ2) is 7.24. The fourth-order valence-corrected chi connectivity index (χ4v) is 3.42. The van der Waals surface area contributed by atoms with Gasteiger partial charge in [-0.15, -0.1) is 0 Å². The number of hydrogen-bond acceptors (Lipinski definition) is 5. The van der Waals surface area contributed by atoms with Gasteiger partial charge in [0.2, 0.25) is 0 Å². The summed E-state index contributed by atoms with van der Waals surface area (Å²) in [6.45, 7) is 0. The third-order valence-corrected chi connectivity index (χ3v) is 4.85. The van der Waals surface area contributed by atoms with Gasteiger partial charge in [-0.1, -0.05) is 36.4 Å². The van der Waals surface area contributed by atoms with E-state index >= 15 is 0 Å². The van der Waals surface area contributed by atoms with Crippen molar-refractivity contribution >= 4 is 23.2 Å². The molecule has 0 spiro atoms. The molecule has 0 unspecified atom stereocenters. The van der Waals surface area contributed by atoms with Crippen LogP contribution >= 0.6 is 0 Å². The Morgan fingerprint density at radius 1 is 0.793 bits per heavy atom. The van der Waals surface area contributed by atoms with Gasteiger partial charge in [0, 0.05) is 22.8 Å². The zero-order chi connectivity index (χ0) is 20.5. The SMILES string of the molecule is COc1ccc(C(=O)Nc2cccc3c2C(=O)c2ccccc2C3=O)c(OC)c1. The van der Waals surface area contributed by atoms with Gasteiger partial charge < -0.3 is 14.8 Å². The summed E-state index contributed by atoms with van der Waals surface area (Å²) in [5.41, 5.74) is 1.71. The molecule has 0 fully saturated rings. The van der Waals surface area contributed by atoms with Crippen LogP contribution < -0.4 is 14.8 Å². The molecular weight excluding hydrogens is 370 g/mol. The van der Waals surface area contributed by atoms with Crippen LogP contribution in [0.1, 0.15) is 42.2 Å². The molecule has 0 saturated heterocycles. The van der Waals surface area contributed by atoms with Gasteiger partial charge in [-0.2, -0.15) is 0 Å². The number of amides is 1. The first-order valence-electron chi connectivity index (χ1n) is 8.90. The first-order valence-corrected chi connectivity index (χ1v) is 8.90. The van der Waals surface area contributed by atoms with Gasteiger partial charge in [0.25, 0.3) is 5.91 Å². The highest BCUT2D eigenvalue weighted by molar-refractivity contribution is 6.30. The molecule has 0 aromatic heterocycles. The molecule has 0 saturated carbocycles. The number of hydrogen-bond donors (Lipinski definition) is 1. The highest BCUT2D eigenvalue weighted by atomic mass is 16.5. The first-order chi connectivity index (χ1) is 14.0. The summed E-state index contributed by atoms with van der Waals surface area (Å²) in [7, 11) is 2.97. The molecule has 3 aromatic carbocycles. The maximum absolute atomic E-state index is 13.1. The molecule has 1 aliphatic rings. The Kier molecular flexibility index (Phi) is 4.60. The summed E-state index contributed by atoms with van der Waals surface area (Å²) < 4.78 is 10.4. The van der Waals surface area contributed by atoms with E-state index in [-0.39, 0.29) is 33.9 Å². The lowest BCUT2D eigenvalue weighted by Crippen LogP contribution is -2.24. The van der Waals surface area contributed by atoms with Gasteiger partial charge in [0.05, 0.1) is 31.0 Å². The highest BCUT2D eigenvalue weighted by Crippen LogP contribution is 2.33. The van der Waals surface area contributed by atoms with Crippen LogP contribution in [0.4, 0.5) is 5.69 Å². The minimum absolute atomic E-state index is 0.192. The lowest BCUT2D eigenvalue weighted by Gasteiger charge is -2.20. The molecule has 0 radical (unpaired) electrons. The summed E-state index contributed by atoms with van der Waals surface area (Å²) in [5.74, 6) is -0.120. The van der Waals surface area contributed by atoms with Crippen molar-refractivity contribution in [2.45, 2.75) is 0 Å². The number of carbonyl (C=O) groups excluding carboxylic acids is 3. The molecule has 1 N–H and O–H groups in total. The number of fused-ring (bicyclic) bond motifs is 2. The molecule has 0 bridgehead atoms. The average molecular weight is 387 g/mol. The van der Waals surface area contributed by atoms with Crippen molar-refractivity contribution < 1.29 is 23.9 Å². The normalized spacial score (nSPS) is 12.1. The van der Waals surface area contributed by atoms with Crippen molar-refractivity contribution in [3.63, 3.8) is 0 Å². The van der Waals surface area contributed by atoms with E-state index in [2.05, 4.69) is 5.32 Å². The monoisotopic (exact) mass is 387 g/mol. The van der Waals surface area contributed by atoms with E-state index < -0.39 is 5.91 Å². The topological polar surface area (TPSA) is 81.7 Å². The maximum atomic E-state index is 13.1. The number of carbonyl (C=O) groups is 3. The summed E-state index contributed by atoms with van der Waals surface area (Å²) >= 11 is 0. The van der Waals surface area contributed by atoms with Gasteiger partial charge in [-0.25, -0.2) is 0 Å². The Bertz CT molecular complexity index is 1170. The molecule has 6 heteroatoms. The summed E-state index contributed by atoms with van der Waals surface area (Å²) in [6.07, 6.45) is 0. The predicted octanol–water partition coefficient (Wildman–Crippen LogP) is 3.73. The maximum Gasteiger partial charge on any atom is 0.259 e. The number of rotatable bonds is 4. The molecular formula is C23H17NO5. The number of benzene rings is 3. The number of nitrogens with one attached hydrogen (secondary N) is 1. The van der Waals surface area contributed by atoms with Crippen molar-refractivity contribution in [1.82, 2.24) is 0 Å². The van der Waals surface area contributed by atoms with Gasteiger partial charge in [0.15, 0.2) is 11.6 Å². The average Bonchev–Trinajstić information content (AvgIpc) is 2.76. The van der Waals surface area contributed by atoms with Crippen LogP contribution in [0.3, 0.4) is 0 Å². The zero-order valence-corrected chi connectivity index (χ0v) is 15.8. The van der Waals surface area contributed by atoms with E-state index in [1.807, 2.05) is 0 Å². The first kappa shape index (κ1) is 18.4. The predicted molar refractivity (Wildman–Crippen MR) is 107 cm³/mol. The summed E-state index contributed by atoms with van der Waals surface area (Å²) in [5, 5.41) is 2.75. The quantitative estimate of drug-likeness (QED) is 0.577. The Balaban J connectivity index is 1.74. The molecule has 144 valence electrons. The van der Waals surface area contributed by atoms with E-state index in [0.29, 0.717) is 22.6 Å². The molecule has 1 aliphatic carbocycles. The van der Waals surface area contributed by atoms with Crippen LogP contribution in [0.15, 0.2) is 60.7 Å². The standard InChI is InChI=1S/C23H17NO5/c1-28-13-10-11-16(19(12-13)29-2)23(27)24-18-9-5-8-17-20(18)22(26)15-7-4-3-6-14(15)21(17)25/h3-12H,1-2H3,(H,24,27). The van der Waals surface area contributed by atoms with Gasteiger partial charge >= 0.3 is 0 Å². The van der Waals surface area contributed by atoms with Crippen LogP contribution in [0.2, 0.25) is 0 Å². The highest BCUT2D eigenvalue weighted by Gasteiger charge is 2.31. The van der Waals surface area contributed by atoms with Crippen LogP contribution in [-0.2, 0) is 0 Å². The smallest absolute Gasteiger partial charge is 0.259 e. The molecule has 0 heterocycles. The Hall–Kier alpha value is -3.93. The fraction of sp³-hybridized carbons (Fsp3) is 0.0870. The fourth-order valence-electron chi connectivity index (χ4n) is 3.42. The van der Waals surface area contributed by atoms with Crippen LogP contribution in [0, 0.1) is 0 Å². The van der Waals surface area contributed by atoms with E-state index in [1.165, 1.54) is 14.2 Å². The molecule has 1 amide bonds. The van der Waals surface area contributed by atoms with Gasteiger partial charge in [0.1, 0.15) is 11.5 Å². The third kappa shape index (κ3) is 3.04. The summed E-state index contributed by atoms with van der Waals surface area (Å²) in [6, 6.07) is 16.3. The van der Waals surface area contributed by atoms with Crippen molar-refractivity contribution in [1.29, 1.82) is 0 Å². The van der Waals surface area contributed by atoms with Gasteiger partial charge in [-0.05, 0) is 18.2 Å². The second-order valence-corrected chi connectivity index (χ2v) is 6.45. The van der Waals surface area contributed by atoms with Crippen molar-refractivity contribution in [2.75, 3.05) is 19.5 Å². The molecule has 0 atom stereocenters. The molecule has 4 rings (SSSR count). The molecule has 3 aromatic rings. The Morgan fingerprint density at radius 3 is 2.17 bits per heavy atom. The zero-order valence-electron chi connectivity index (χ0n) is 15.8. The lowest BCUT2D eigenvalue weighted by atomic mass is 9.83. The van der Waals surface area contributed by atoms with E-state index in [4.69, 9.17) is 9.47 Å². The lowest BCUT2D eigenvalue weighted by molar-refractivity contribution is 0.0978. The Morgan fingerprint density at radius 2 is 1.48 bits per heavy atom. The minimum Gasteiger partial charge on any atom is -0.497 e. The third-order valence-electron chi connectivity index (χ3n) is 4.85. The van der Waals surface area contributed by atoms with Gasteiger partial charge in [-0.3, -0.25) is 14.4 Å². The van der Waals surface area contributed by atoms with E-state index in [9.17, 15) is 14.4 Å². The largest absolute Gasteiger partial charge is 0.497 e. The molecule has 6 nitrogen and oxygen atoms in total. The minimum atomic E-state index is -0.461. The van der Waals surface area contributed by atoms with E-state index in [0.717, 1.165) is 0 Å². The molecule has 29 heavy (non-hydrogen) atoms. The Labute approximate surface area is 167 Å². The number of anilines is 1. The molecule has 0 aliphatic heterocycles. The van der Waals surface area contributed by atoms with Crippen LogP contribution in [0.25, 0.3) is 0 Å². The van der Waals surface area contributed by atoms with Crippen LogP contribution in [-0.4, -0.2) is 31.7 Å².